The van der Waals surface area contributed by atoms with E-state index < -0.39 is 28.5 Å². The molecule has 3 aromatic carbocycles. The number of benzene rings is 3. The maximum absolute atomic E-state index is 14.1. The lowest BCUT2D eigenvalue weighted by Gasteiger charge is -2.34. The third kappa shape index (κ3) is 8.26. The lowest BCUT2D eigenvalue weighted by atomic mass is 10.0. The zero-order valence-corrected chi connectivity index (χ0v) is 24.4. The quantitative estimate of drug-likeness (QED) is 0.334. The fraction of sp³-hybridized carbons (Fsp3) is 0.323. The van der Waals surface area contributed by atoms with Crippen LogP contribution < -0.4 is 9.62 Å². The van der Waals surface area contributed by atoms with Gasteiger partial charge in [0.2, 0.25) is 21.8 Å². The molecule has 0 radical (unpaired) electrons. The maximum atomic E-state index is 14.1. The second-order valence-corrected chi connectivity index (χ2v) is 12.1. The first-order valence-corrected chi connectivity index (χ1v) is 15.0. The molecule has 0 aromatic heterocycles. The van der Waals surface area contributed by atoms with Crippen molar-refractivity contribution in [2.24, 2.45) is 0 Å². The number of rotatable bonds is 12. The molecular weight excluding hydrogens is 526 g/mol. The Hall–Kier alpha value is -3.98. The fourth-order valence-corrected chi connectivity index (χ4v) is 5.24. The Morgan fingerprint density at radius 3 is 2.15 bits per heavy atom. The Morgan fingerprint density at radius 2 is 1.55 bits per heavy atom. The number of carbonyl (C=O) groups is 3. The smallest absolute Gasteiger partial charge is 0.244 e. The van der Waals surface area contributed by atoms with Gasteiger partial charge in [0.15, 0.2) is 5.78 Å². The lowest BCUT2D eigenvalue weighted by Crippen LogP contribution is -2.54. The van der Waals surface area contributed by atoms with Crippen molar-refractivity contribution in [2.75, 3.05) is 17.1 Å². The molecule has 0 saturated carbocycles. The molecule has 9 heteroatoms. The predicted molar refractivity (Wildman–Crippen MR) is 158 cm³/mol. The van der Waals surface area contributed by atoms with Crippen LogP contribution in [0.2, 0.25) is 0 Å². The molecule has 1 N–H and O–H groups in total. The van der Waals surface area contributed by atoms with Crippen LogP contribution in [-0.2, 0) is 32.6 Å². The molecule has 2 amide bonds. The van der Waals surface area contributed by atoms with E-state index in [0.29, 0.717) is 5.56 Å². The van der Waals surface area contributed by atoms with E-state index in [0.717, 1.165) is 27.3 Å². The number of ketones is 1. The van der Waals surface area contributed by atoms with Crippen LogP contribution in [0, 0.1) is 6.92 Å². The average molecular weight is 564 g/mol. The molecule has 40 heavy (non-hydrogen) atoms. The molecule has 3 aromatic rings. The molecule has 3 rings (SSSR count). The first-order chi connectivity index (χ1) is 18.9. The Kier molecular flexibility index (Phi) is 10.2. The molecule has 0 aliphatic rings. The standard InChI is InChI=1S/C31H37N3O5S/c1-22(2)32-31(37)29(18-25-13-7-6-8-14-25)33(20-27-15-10-9-12-23(27)3)30(36)21-34(40(5,38)39)28-17-11-16-26(19-28)24(4)35/h6-17,19,22,29H,18,20-21H2,1-5H3,(H,32,37)/t29-/m1/s1. The van der Waals surface area contributed by atoms with Crippen LogP contribution in [0.25, 0.3) is 0 Å². The molecule has 0 heterocycles. The van der Waals surface area contributed by atoms with E-state index in [1.807, 2.05) is 75.4 Å². The summed E-state index contributed by atoms with van der Waals surface area (Å²) in [6.45, 7) is 6.58. The predicted octanol–water partition coefficient (Wildman–Crippen LogP) is 4.13. The van der Waals surface area contributed by atoms with E-state index >= 15 is 0 Å². The van der Waals surface area contributed by atoms with Crippen molar-refractivity contribution in [1.82, 2.24) is 10.2 Å². The van der Waals surface area contributed by atoms with E-state index in [1.165, 1.54) is 17.9 Å². The summed E-state index contributed by atoms with van der Waals surface area (Å²) in [4.78, 5) is 41.1. The van der Waals surface area contributed by atoms with Crippen LogP contribution in [0.4, 0.5) is 5.69 Å². The van der Waals surface area contributed by atoms with Crippen LogP contribution >= 0.6 is 0 Å². The molecule has 1 atom stereocenters. The Balaban J connectivity index is 2.08. The summed E-state index contributed by atoms with van der Waals surface area (Å²) in [6, 6.07) is 22.1. The van der Waals surface area contributed by atoms with Crippen LogP contribution in [0.5, 0.6) is 0 Å². The number of amides is 2. The number of sulfonamides is 1. The third-order valence-electron chi connectivity index (χ3n) is 6.52. The third-order valence-corrected chi connectivity index (χ3v) is 7.66. The number of hydrogen-bond donors (Lipinski definition) is 1. The van der Waals surface area contributed by atoms with Crippen molar-refractivity contribution in [1.29, 1.82) is 0 Å². The van der Waals surface area contributed by atoms with Crippen LogP contribution in [0.1, 0.15) is 47.8 Å². The lowest BCUT2D eigenvalue weighted by molar-refractivity contribution is -0.140. The Bertz CT molecular complexity index is 1450. The Morgan fingerprint density at radius 1 is 0.900 bits per heavy atom. The fourth-order valence-electron chi connectivity index (χ4n) is 4.40. The highest BCUT2D eigenvalue weighted by molar-refractivity contribution is 7.92. The highest BCUT2D eigenvalue weighted by atomic mass is 32.2. The van der Waals surface area contributed by atoms with Crippen molar-refractivity contribution >= 4 is 33.3 Å². The van der Waals surface area contributed by atoms with Crippen LogP contribution in [0.3, 0.4) is 0 Å². The van der Waals surface area contributed by atoms with E-state index in [2.05, 4.69) is 5.32 Å². The molecule has 0 unspecified atom stereocenters. The van der Waals surface area contributed by atoms with Gasteiger partial charge >= 0.3 is 0 Å². The van der Waals surface area contributed by atoms with E-state index in [-0.39, 0.29) is 36.4 Å². The minimum Gasteiger partial charge on any atom is -0.352 e. The monoisotopic (exact) mass is 563 g/mol. The van der Waals surface area contributed by atoms with Crippen molar-refractivity contribution in [3.63, 3.8) is 0 Å². The van der Waals surface area contributed by atoms with Gasteiger partial charge in [0.05, 0.1) is 11.9 Å². The minimum absolute atomic E-state index is 0.111. The van der Waals surface area contributed by atoms with E-state index in [4.69, 9.17) is 0 Å². The summed E-state index contributed by atoms with van der Waals surface area (Å²) in [5.41, 5.74) is 3.18. The molecule has 8 nitrogen and oxygen atoms in total. The minimum atomic E-state index is -3.92. The van der Waals surface area contributed by atoms with Crippen molar-refractivity contribution in [3.05, 3.63) is 101 Å². The summed E-state index contributed by atoms with van der Waals surface area (Å²) in [5, 5.41) is 2.93. The normalized spacial score (nSPS) is 12.1. The number of hydrogen-bond acceptors (Lipinski definition) is 5. The summed E-state index contributed by atoms with van der Waals surface area (Å²) in [5.74, 6) is -1.09. The van der Waals surface area contributed by atoms with Gasteiger partial charge in [-0.15, -0.1) is 0 Å². The molecule has 0 fully saturated rings. The second kappa shape index (κ2) is 13.4. The van der Waals surface area contributed by atoms with Gasteiger partial charge in [0.25, 0.3) is 0 Å². The van der Waals surface area contributed by atoms with Gasteiger partial charge in [-0.25, -0.2) is 8.42 Å². The number of nitrogens with zero attached hydrogens (tertiary/aromatic N) is 2. The van der Waals surface area contributed by atoms with Crippen molar-refractivity contribution < 1.29 is 22.8 Å². The molecule has 212 valence electrons. The van der Waals surface area contributed by atoms with Crippen molar-refractivity contribution in [3.8, 4) is 0 Å². The highest BCUT2D eigenvalue weighted by Gasteiger charge is 2.33. The van der Waals surface area contributed by atoms with Gasteiger partial charge in [-0.05, 0) is 56.5 Å². The van der Waals surface area contributed by atoms with Gasteiger partial charge in [-0.3, -0.25) is 18.7 Å². The number of nitrogens with one attached hydrogen (secondary N) is 1. The van der Waals surface area contributed by atoms with Crippen LogP contribution in [0.15, 0.2) is 78.9 Å². The van der Waals surface area contributed by atoms with Crippen LogP contribution in [-0.4, -0.2) is 55.8 Å². The molecule has 0 aliphatic carbocycles. The van der Waals surface area contributed by atoms with Gasteiger partial charge in [0, 0.05) is 24.6 Å². The summed E-state index contributed by atoms with van der Waals surface area (Å²) >= 11 is 0. The number of carbonyl (C=O) groups excluding carboxylic acids is 3. The van der Waals surface area contributed by atoms with E-state index in [1.54, 1.807) is 18.2 Å². The first-order valence-electron chi connectivity index (χ1n) is 13.1. The van der Waals surface area contributed by atoms with E-state index in [9.17, 15) is 22.8 Å². The zero-order valence-electron chi connectivity index (χ0n) is 23.6. The molecule has 0 saturated heterocycles. The van der Waals surface area contributed by atoms with Gasteiger partial charge in [-0.2, -0.15) is 0 Å². The molecule has 0 bridgehead atoms. The summed E-state index contributed by atoms with van der Waals surface area (Å²) in [7, 11) is -3.92. The molecule has 0 aliphatic heterocycles. The average Bonchev–Trinajstić information content (AvgIpc) is 2.89. The SMILES string of the molecule is CC(=O)c1cccc(N(CC(=O)N(Cc2ccccc2C)[C@H](Cc2ccccc2)C(=O)NC(C)C)S(C)(=O)=O)c1. The number of aryl methyl sites for hydroxylation is 1. The van der Waals surface area contributed by atoms with Gasteiger partial charge < -0.3 is 10.2 Å². The topological polar surface area (TPSA) is 104 Å². The van der Waals surface area contributed by atoms with Gasteiger partial charge in [-0.1, -0.05) is 66.7 Å². The summed E-state index contributed by atoms with van der Waals surface area (Å²) in [6.07, 6.45) is 1.26. The highest BCUT2D eigenvalue weighted by Crippen LogP contribution is 2.22. The molecular formula is C31H37N3O5S. The molecule has 0 spiro atoms. The van der Waals surface area contributed by atoms with Gasteiger partial charge in [0.1, 0.15) is 12.6 Å². The Labute approximate surface area is 237 Å². The maximum Gasteiger partial charge on any atom is 0.244 e. The second-order valence-electron chi connectivity index (χ2n) is 10.2. The first kappa shape index (κ1) is 30.6. The summed E-state index contributed by atoms with van der Waals surface area (Å²) < 4.78 is 26.8. The van der Waals surface area contributed by atoms with Crippen molar-refractivity contribution in [2.45, 2.75) is 52.7 Å². The largest absolute Gasteiger partial charge is 0.352 e. The number of anilines is 1. The zero-order chi connectivity index (χ0) is 29.4. The number of Topliss-reactive ketones (excluding diaryl/α,β-unsaturated/α-hetero) is 1.